The quantitative estimate of drug-likeness (QED) is 0.691. The second-order valence-corrected chi connectivity index (χ2v) is 5.66. The number of hydrogen-bond acceptors (Lipinski definition) is 5. The fraction of sp³-hybridized carbons (Fsp3) is 0.167. The van der Waals surface area contributed by atoms with Crippen LogP contribution in [0.25, 0.3) is 21.8 Å². The third kappa shape index (κ3) is 3.00. The van der Waals surface area contributed by atoms with Crippen LogP contribution >= 0.6 is 11.3 Å². The number of para-hydroxylation sites is 1. The zero-order chi connectivity index (χ0) is 16.2. The Bertz CT molecular complexity index is 814. The molecule has 0 radical (unpaired) electrons. The summed E-state index contributed by atoms with van der Waals surface area (Å²) in [6.07, 6.45) is 0. The van der Waals surface area contributed by atoms with Gasteiger partial charge in [0.15, 0.2) is 0 Å². The minimum Gasteiger partial charge on any atom is -0.497 e. The third-order valence-electron chi connectivity index (χ3n) is 3.53. The van der Waals surface area contributed by atoms with Crippen molar-refractivity contribution in [2.24, 2.45) is 0 Å². The molecule has 3 aromatic rings. The summed E-state index contributed by atoms with van der Waals surface area (Å²) in [4.78, 5) is 4.74. The molecule has 1 aromatic heterocycles. The van der Waals surface area contributed by atoms with E-state index in [0.29, 0.717) is 0 Å². The van der Waals surface area contributed by atoms with Crippen LogP contribution in [0.3, 0.4) is 0 Å². The first kappa shape index (κ1) is 15.4. The van der Waals surface area contributed by atoms with E-state index < -0.39 is 0 Å². The highest BCUT2D eigenvalue weighted by Gasteiger charge is 2.14. The Morgan fingerprint density at radius 2 is 1.61 bits per heavy atom. The number of thiazole rings is 1. The van der Waals surface area contributed by atoms with Gasteiger partial charge in [0, 0.05) is 17.0 Å². The Labute approximate surface area is 139 Å². The molecular formula is C18H17NO3S. The van der Waals surface area contributed by atoms with Crippen molar-refractivity contribution >= 4 is 11.3 Å². The van der Waals surface area contributed by atoms with Gasteiger partial charge >= 0.3 is 0 Å². The lowest BCUT2D eigenvalue weighted by atomic mass is 10.1. The minimum atomic E-state index is 0.737. The van der Waals surface area contributed by atoms with E-state index in [4.69, 9.17) is 19.2 Å². The Kier molecular flexibility index (Phi) is 4.48. The van der Waals surface area contributed by atoms with Gasteiger partial charge in [-0.3, -0.25) is 0 Å². The van der Waals surface area contributed by atoms with Gasteiger partial charge in [-0.25, -0.2) is 4.98 Å². The molecular weight excluding hydrogens is 310 g/mol. The number of hydrogen-bond donors (Lipinski definition) is 0. The monoisotopic (exact) mass is 327 g/mol. The summed E-state index contributed by atoms with van der Waals surface area (Å²) in [7, 11) is 4.95. The SMILES string of the molecule is COc1ccc(-c2csc(-c3ccccc3OC)n2)c(OC)c1. The molecule has 4 nitrogen and oxygen atoms in total. The highest BCUT2D eigenvalue weighted by molar-refractivity contribution is 7.13. The summed E-state index contributed by atoms with van der Waals surface area (Å²) in [5, 5.41) is 2.93. The van der Waals surface area contributed by atoms with Gasteiger partial charge < -0.3 is 14.2 Å². The molecule has 1 heterocycles. The molecule has 0 N–H and O–H groups in total. The molecule has 3 rings (SSSR count). The Hall–Kier alpha value is -2.53. The van der Waals surface area contributed by atoms with Crippen molar-refractivity contribution in [1.82, 2.24) is 4.98 Å². The van der Waals surface area contributed by atoms with Crippen molar-refractivity contribution in [2.75, 3.05) is 21.3 Å². The summed E-state index contributed by atoms with van der Waals surface area (Å²) in [5.74, 6) is 2.31. The Balaban J connectivity index is 2.02. The van der Waals surface area contributed by atoms with Crippen LogP contribution < -0.4 is 14.2 Å². The van der Waals surface area contributed by atoms with E-state index in [1.165, 1.54) is 0 Å². The number of benzene rings is 2. The van der Waals surface area contributed by atoms with E-state index in [9.17, 15) is 0 Å². The minimum absolute atomic E-state index is 0.737. The van der Waals surface area contributed by atoms with Crippen molar-refractivity contribution in [1.29, 1.82) is 0 Å². The van der Waals surface area contributed by atoms with Crippen molar-refractivity contribution < 1.29 is 14.2 Å². The molecule has 0 aliphatic rings. The zero-order valence-corrected chi connectivity index (χ0v) is 14.0. The molecule has 5 heteroatoms. The molecule has 0 spiro atoms. The van der Waals surface area contributed by atoms with Gasteiger partial charge in [0.2, 0.25) is 0 Å². The summed E-state index contributed by atoms with van der Waals surface area (Å²) in [5.41, 5.74) is 2.79. The second-order valence-electron chi connectivity index (χ2n) is 4.80. The average molecular weight is 327 g/mol. The van der Waals surface area contributed by atoms with Crippen LogP contribution in [0.5, 0.6) is 17.2 Å². The number of methoxy groups -OCH3 is 3. The van der Waals surface area contributed by atoms with Gasteiger partial charge in [-0.05, 0) is 24.3 Å². The van der Waals surface area contributed by atoms with Crippen LogP contribution in [0.2, 0.25) is 0 Å². The summed E-state index contributed by atoms with van der Waals surface area (Å²) in [6.45, 7) is 0. The zero-order valence-electron chi connectivity index (χ0n) is 13.2. The molecule has 0 bridgehead atoms. The molecule has 0 saturated heterocycles. The first-order valence-electron chi connectivity index (χ1n) is 7.08. The van der Waals surface area contributed by atoms with Crippen LogP contribution in [0.4, 0.5) is 0 Å². The maximum Gasteiger partial charge on any atom is 0.131 e. The highest BCUT2D eigenvalue weighted by atomic mass is 32.1. The molecule has 23 heavy (non-hydrogen) atoms. The number of aromatic nitrogens is 1. The number of ether oxygens (including phenoxy) is 3. The molecule has 118 valence electrons. The number of rotatable bonds is 5. The summed E-state index contributed by atoms with van der Waals surface area (Å²) in [6, 6.07) is 13.6. The van der Waals surface area contributed by atoms with Gasteiger partial charge in [0.25, 0.3) is 0 Å². The lowest BCUT2D eigenvalue weighted by Crippen LogP contribution is -1.91. The van der Waals surface area contributed by atoms with E-state index in [1.807, 2.05) is 47.8 Å². The smallest absolute Gasteiger partial charge is 0.131 e. The normalized spacial score (nSPS) is 10.4. The van der Waals surface area contributed by atoms with Crippen LogP contribution in [0, 0.1) is 0 Å². The van der Waals surface area contributed by atoms with Crippen LogP contribution in [0.15, 0.2) is 47.8 Å². The second kappa shape index (κ2) is 6.71. The summed E-state index contributed by atoms with van der Waals surface area (Å²) < 4.78 is 16.1. The fourth-order valence-electron chi connectivity index (χ4n) is 2.35. The Morgan fingerprint density at radius 3 is 2.35 bits per heavy atom. The largest absolute Gasteiger partial charge is 0.497 e. The number of nitrogens with zero attached hydrogens (tertiary/aromatic N) is 1. The van der Waals surface area contributed by atoms with E-state index in [2.05, 4.69) is 0 Å². The van der Waals surface area contributed by atoms with Gasteiger partial charge in [-0.1, -0.05) is 12.1 Å². The molecule has 0 amide bonds. The molecule has 0 unspecified atom stereocenters. The van der Waals surface area contributed by atoms with Gasteiger partial charge in [-0.2, -0.15) is 0 Å². The lowest BCUT2D eigenvalue weighted by Gasteiger charge is -2.08. The van der Waals surface area contributed by atoms with Crippen LogP contribution in [-0.2, 0) is 0 Å². The van der Waals surface area contributed by atoms with Crippen LogP contribution in [0.1, 0.15) is 0 Å². The maximum absolute atomic E-state index is 5.46. The Morgan fingerprint density at radius 1 is 0.826 bits per heavy atom. The highest BCUT2D eigenvalue weighted by Crippen LogP contribution is 2.38. The van der Waals surface area contributed by atoms with Crippen molar-refractivity contribution in [3.63, 3.8) is 0 Å². The fourth-order valence-corrected chi connectivity index (χ4v) is 3.20. The van der Waals surface area contributed by atoms with E-state index in [1.54, 1.807) is 32.7 Å². The van der Waals surface area contributed by atoms with E-state index in [-0.39, 0.29) is 0 Å². The molecule has 0 atom stereocenters. The van der Waals surface area contributed by atoms with Gasteiger partial charge in [0.05, 0.1) is 32.6 Å². The van der Waals surface area contributed by atoms with Crippen molar-refractivity contribution in [2.45, 2.75) is 0 Å². The molecule has 0 saturated carbocycles. The maximum atomic E-state index is 5.46. The average Bonchev–Trinajstić information content (AvgIpc) is 3.10. The summed E-state index contributed by atoms with van der Waals surface area (Å²) >= 11 is 1.58. The van der Waals surface area contributed by atoms with Crippen LogP contribution in [-0.4, -0.2) is 26.3 Å². The standard InChI is InChI=1S/C18H17NO3S/c1-20-12-8-9-13(17(10-12)22-3)15-11-23-18(19-15)14-6-4-5-7-16(14)21-2/h4-11H,1-3H3. The van der Waals surface area contributed by atoms with Gasteiger partial charge in [0.1, 0.15) is 22.3 Å². The lowest BCUT2D eigenvalue weighted by molar-refractivity contribution is 0.395. The van der Waals surface area contributed by atoms with E-state index in [0.717, 1.165) is 39.1 Å². The topological polar surface area (TPSA) is 40.6 Å². The molecule has 0 aliphatic heterocycles. The first-order chi connectivity index (χ1) is 11.3. The van der Waals surface area contributed by atoms with E-state index >= 15 is 0 Å². The van der Waals surface area contributed by atoms with Gasteiger partial charge in [-0.15, -0.1) is 11.3 Å². The predicted octanol–water partition coefficient (Wildman–Crippen LogP) is 4.50. The molecule has 0 fully saturated rings. The van der Waals surface area contributed by atoms with Crippen molar-refractivity contribution in [3.05, 3.63) is 47.8 Å². The third-order valence-corrected chi connectivity index (χ3v) is 4.40. The van der Waals surface area contributed by atoms with Crippen molar-refractivity contribution in [3.8, 4) is 39.1 Å². The molecule has 2 aromatic carbocycles. The first-order valence-corrected chi connectivity index (χ1v) is 7.96. The predicted molar refractivity (Wildman–Crippen MR) is 92.6 cm³/mol. The molecule has 0 aliphatic carbocycles.